The fourth-order valence-electron chi connectivity index (χ4n) is 3.02. The average Bonchev–Trinajstić information content (AvgIpc) is 2.72. The van der Waals surface area contributed by atoms with Crippen molar-refractivity contribution >= 4 is 21.6 Å². The molecule has 1 atom stereocenters. The minimum absolute atomic E-state index is 0.121. The number of amides is 1. The average molecular weight is 427 g/mol. The van der Waals surface area contributed by atoms with Crippen LogP contribution in [0.1, 0.15) is 29.2 Å². The van der Waals surface area contributed by atoms with Crippen LogP contribution in [0.5, 0.6) is 0 Å². The van der Waals surface area contributed by atoms with E-state index >= 15 is 0 Å². The number of carbonyl (C=O) groups is 1. The Labute approximate surface area is 176 Å². The van der Waals surface area contributed by atoms with E-state index in [4.69, 9.17) is 0 Å². The second-order valence-corrected chi connectivity index (χ2v) is 8.78. The van der Waals surface area contributed by atoms with Crippen LogP contribution in [0, 0.1) is 19.7 Å². The molecule has 0 aromatic heterocycles. The maximum absolute atomic E-state index is 13.8. The van der Waals surface area contributed by atoms with Gasteiger partial charge in [-0.1, -0.05) is 54.1 Å². The summed E-state index contributed by atoms with van der Waals surface area (Å²) in [6.07, 6.45) is -0.148. The number of hydrogen-bond acceptors (Lipinski definition) is 3. The lowest BCUT2D eigenvalue weighted by molar-refractivity contribution is -0.116. The molecule has 1 amide bonds. The Kier molecular flexibility index (Phi) is 6.64. The van der Waals surface area contributed by atoms with Gasteiger partial charge in [0.2, 0.25) is 15.9 Å². The zero-order chi connectivity index (χ0) is 21.7. The summed E-state index contributed by atoms with van der Waals surface area (Å²) in [6, 6.07) is 19.0. The van der Waals surface area contributed by atoms with Crippen LogP contribution in [0.4, 0.5) is 10.1 Å². The van der Waals surface area contributed by atoms with Crippen LogP contribution in [0.3, 0.4) is 0 Å². The predicted octanol–water partition coefficient (Wildman–Crippen LogP) is 4.49. The second kappa shape index (κ2) is 9.19. The third-order valence-corrected chi connectivity index (χ3v) is 6.25. The van der Waals surface area contributed by atoms with Crippen LogP contribution < -0.4 is 10.0 Å². The molecule has 7 heteroatoms. The van der Waals surface area contributed by atoms with Crippen molar-refractivity contribution in [2.75, 3.05) is 5.32 Å². The van der Waals surface area contributed by atoms with Crippen molar-refractivity contribution < 1.29 is 17.6 Å². The standard InChI is InChI=1S/C23H23FN2O3S/c1-16-11-13-19(14-12-16)30(28,29)26-22(18-7-4-3-5-8-18)15-23(27)25-21-10-6-9-20(24)17(21)2/h3-14,22,26H,15H2,1-2H3,(H,25,27)/t22-/m0/s1. The normalized spacial score (nSPS) is 12.4. The van der Waals surface area contributed by atoms with Crippen LogP contribution in [-0.2, 0) is 14.8 Å². The highest BCUT2D eigenvalue weighted by molar-refractivity contribution is 7.89. The van der Waals surface area contributed by atoms with Gasteiger partial charge >= 0.3 is 0 Å². The van der Waals surface area contributed by atoms with E-state index in [1.165, 1.54) is 24.3 Å². The van der Waals surface area contributed by atoms with Crippen LogP contribution in [0.2, 0.25) is 0 Å². The maximum atomic E-state index is 13.8. The molecule has 0 aliphatic heterocycles. The molecule has 5 nitrogen and oxygen atoms in total. The number of sulfonamides is 1. The zero-order valence-corrected chi connectivity index (χ0v) is 17.5. The third kappa shape index (κ3) is 5.31. The Morgan fingerprint density at radius 1 is 0.933 bits per heavy atom. The molecule has 3 rings (SSSR count). The maximum Gasteiger partial charge on any atom is 0.241 e. The molecular weight excluding hydrogens is 403 g/mol. The van der Waals surface area contributed by atoms with Crippen molar-refractivity contribution in [2.45, 2.75) is 31.2 Å². The van der Waals surface area contributed by atoms with Crippen molar-refractivity contribution in [1.82, 2.24) is 4.72 Å². The number of anilines is 1. The molecule has 0 fully saturated rings. The molecule has 0 aliphatic rings. The number of nitrogens with one attached hydrogen (secondary N) is 2. The Bertz CT molecular complexity index is 1130. The lowest BCUT2D eigenvalue weighted by Gasteiger charge is -2.19. The lowest BCUT2D eigenvalue weighted by atomic mass is 10.0. The van der Waals surface area contributed by atoms with Gasteiger partial charge in [0, 0.05) is 17.7 Å². The molecule has 3 aromatic rings. The summed E-state index contributed by atoms with van der Waals surface area (Å²) in [5.41, 5.74) is 2.27. The van der Waals surface area contributed by atoms with Crippen molar-refractivity contribution in [3.63, 3.8) is 0 Å². The Morgan fingerprint density at radius 2 is 1.60 bits per heavy atom. The van der Waals surface area contributed by atoms with E-state index in [-0.39, 0.29) is 11.3 Å². The molecular formula is C23H23FN2O3S. The highest BCUT2D eigenvalue weighted by Gasteiger charge is 2.24. The molecule has 3 aromatic carbocycles. The van der Waals surface area contributed by atoms with Gasteiger partial charge in [0.15, 0.2) is 0 Å². The Hall–Kier alpha value is -3.03. The monoisotopic (exact) mass is 426 g/mol. The first-order valence-corrected chi connectivity index (χ1v) is 10.9. The second-order valence-electron chi connectivity index (χ2n) is 7.06. The van der Waals surface area contributed by atoms with Gasteiger partial charge in [-0.25, -0.2) is 17.5 Å². The smallest absolute Gasteiger partial charge is 0.241 e. The van der Waals surface area contributed by atoms with E-state index in [0.717, 1.165) is 5.56 Å². The molecule has 0 aliphatic carbocycles. The number of hydrogen-bond donors (Lipinski definition) is 2. The quantitative estimate of drug-likeness (QED) is 0.584. The number of halogens is 1. The molecule has 0 saturated carbocycles. The highest BCUT2D eigenvalue weighted by atomic mass is 32.2. The van der Waals surface area contributed by atoms with Gasteiger partial charge < -0.3 is 5.32 Å². The molecule has 2 N–H and O–H groups in total. The minimum Gasteiger partial charge on any atom is -0.326 e. The van der Waals surface area contributed by atoms with Crippen LogP contribution in [-0.4, -0.2) is 14.3 Å². The van der Waals surface area contributed by atoms with E-state index in [1.54, 1.807) is 49.4 Å². The van der Waals surface area contributed by atoms with Gasteiger partial charge in [-0.2, -0.15) is 0 Å². The summed E-state index contributed by atoms with van der Waals surface area (Å²) in [4.78, 5) is 12.8. The molecule has 0 radical (unpaired) electrons. The molecule has 156 valence electrons. The number of carbonyl (C=O) groups excluding carboxylic acids is 1. The van der Waals surface area contributed by atoms with Gasteiger partial charge in [0.25, 0.3) is 0 Å². The first-order valence-electron chi connectivity index (χ1n) is 9.45. The van der Waals surface area contributed by atoms with Gasteiger partial charge in [-0.3, -0.25) is 4.79 Å². The fourth-order valence-corrected chi connectivity index (χ4v) is 4.24. The number of aryl methyl sites for hydroxylation is 1. The lowest BCUT2D eigenvalue weighted by Crippen LogP contribution is -2.31. The van der Waals surface area contributed by atoms with Crippen LogP contribution in [0.25, 0.3) is 0 Å². The first-order chi connectivity index (χ1) is 14.3. The number of rotatable bonds is 7. The summed E-state index contributed by atoms with van der Waals surface area (Å²) in [5.74, 6) is -0.850. The summed E-state index contributed by atoms with van der Waals surface area (Å²) in [5, 5.41) is 2.67. The SMILES string of the molecule is Cc1ccc(S(=O)(=O)N[C@@H](CC(=O)Nc2cccc(F)c2C)c2ccccc2)cc1. The topological polar surface area (TPSA) is 75.3 Å². The van der Waals surface area contributed by atoms with Crippen molar-refractivity contribution in [3.05, 3.63) is 95.3 Å². The zero-order valence-electron chi connectivity index (χ0n) is 16.7. The summed E-state index contributed by atoms with van der Waals surface area (Å²) in [6.45, 7) is 3.44. The highest BCUT2D eigenvalue weighted by Crippen LogP contribution is 2.23. The summed E-state index contributed by atoms with van der Waals surface area (Å²) >= 11 is 0. The van der Waals surface area contributed by atoms with Crippen LogP contribution in [0.15, 0.2) is 77.7 Å². The summed E-state index contributed by atoms with van der Waals surface area (Å²) in [7, 11) is -3.85. The number of benzene rings is 3. The Balaban J connectivity index is 1.83. The van der Waals surface area contributed by atoms with Gasteiger partial charge in [0.05, 0.1) is 10.9 Å². The molecule has 30 heavy (non-hydrogen) atoms. The van der Waals surface area contributed by atoms with Crippen molar-refractivity contribution in [2.24, 2.45) is 0 Å². The van der Waals surface area contributed by atoms with E-state index in [0.29, 0.717) is 16.8 Å². The van der Waals surface area contributed by atoms with E-state index < -0.39 is 27.8 Å². The summed E-state index contributed by atoms with van der Waals surface area (Å²) < 4.78 is 42.1. The predicted molar refractivity (Wildman–Crippen MR) is 115 cm³/mol. The third-order valence-electron chi connectivity index (χ3n) is 4.76. The largest absolute Gasteiger partial charge is 0.326 e. The molecule has 0 spiro atoms. The Morgan fingerprint density at radius 3 is 2.27 bits per heavy atom. The first kappa shape index (κ1) is 21.7. The van der Waals surface area contributed by atoms with Crippen LogP contribution >= 0.6 is 0 Å². The minimum atomic E-state index is -3.85. The van der Waals surface area contributed by atoms with E-state index in [2.05, 4.69) is 10.0 Å². The molecule has 0 saturated heterocycles. The molecule has 0 bridgehead atoms. The van der Waals surface area contributed by atoms with Gasteiger partial charge in [-0.05, 0) is 43.7 Å². The van der Waals surface area contributed by atoms with Crippen molar-refractivity contribution in [1.29, 1.82) is 0 Å². The van der Waals surface area contributed by atoms with E-state index in [9.17, 15) is 17.6 Å². The van der Waals surface area contributed by atoms with E-state index in [1.807, 2.05) is 13.0 Å². The van der Waals surface area contributed by atoms with Crippen molar-refractivity contribution in [3.8, 4) is 0 Å². The fraction of sp³-hybridized carbons (Fsp3) is 0.174. The van der Waals surface area contributed by atoms with Gasteiger partial charge in [-0.15, -0.1) is 0 Å². The molecule has 0 heterocycles. The molecule has 0 unspecified atom stereocenters. The van der Waals surface area contributed by atoms with Gasteiger partial charge in [0.1, 0.15) is 5.82 Å².